The molecule has 2 aromatic heterocycles. The van der Waals surface area contributed by atoms with Gasteiger partial charge in [-0.2, -0.15) is 5.10 Å². The van der Waals surface area contributed by atoms with Gasteiger partial charge in [-0.15, -0.1) is 11.3 Å². The highest BCUT2D eigenvalue weighted by atomic mass is 32.2. The van der Waals surface area contributed by atoms with E-state index in [1.54, 1.807) is 4.68 Å². The highest BCUT2D eigenvalue weighted by Gasteiger charge is 2.16. The zero-order valence-corrected chi connectivity index (χ0v) is 15.7. The summed E-state index contributed by atoms with van der Waals surface area (Å²) in [5.41, 5.74) is 2.54. The Kier molecular flexibility index (Phi) is 5.17. The van der Waals surface area contributed by atoms with Crippen molar-refractivity contribution in [2.75, 3.05) is 6.54 Å². The number of thiazole rings is 1. The number of hydrogen-bond donors (Lipinski definition) is 1. The number of rotatable bonds is 6. The van der Waals surface area contributed by atoms with Crippen LogP contribution in [0.1, 0.15) is 17.1 Å². The Morgan fingerprint density at radius 1 is 1.15 bits per heavy atom. The third-order valence-electron chi connectivity index (χ3n) is 3.55. The molecular weight excluding hydrogens is 382 g/mol. The predicted molar refractivity (Wildman–Crippen MR) is 94.0 cm³/mol. The Morgan fingerprint density at radius 3 is 2.46 bits per heavy atom. The van der Waals surface area contributed by atoms with E-state index in [0.29, 0.717) is 23.3 Å². The van der Waals surface area contributed by atoms with E-state index in [1.807, 2.05) is 25.3 Å². The summed E-state index contributed by atoms with van der Waals surface area (Å²) in [4.78, 5) is 3.99. The molecule has 0 fully saturated rings. The van der Waals surface area contributed by atoms with Crippen molar-refractivity contribution in [2.45, 2.75) is 25.2 Å². The first-order valence-electron chi connectivity index (χ1n) is 7.68. The van der Waals surface area contributed by atoms with Gasteiger partial charge in [0.2, 0.25) is 15.2 Å². The third-order valence-corrected chi connectivity index (χ3v) is 5.86. The number of nitrogens with one attached hydrogen (secondary N) is 1. The fourth-order valence-electron chi connectivity index (χ4n) is 2.41. The Morgan fingerprint density at radius 2 is 1.85 bits per heavy atom. The summed E-state index contributed by atoms with van der Waals surface area (Å²) >= 11 is 1.40. The van der Waals surface area contributed by atoms with Gasteiger partial charge >= 0.3 is 0 Å². The maximum atomic E-state index is 13.2. The van der Waals surface area contributed by atoms with E-state index in [-0.39, 0.29) is 6.54 Å². The molecule has 0 spiro atoms. The maximum absolute atomic E-state index is 13.2. The lowest BCUT2D eigenvalue weighted by Gasteiger charge is -2.06. The van der Waals surface area contributed by atoms with Crippen LogP contribution in [0.15, 0.2) is 34.5 Å². The van der Waals surface area contributed by atoms with Gasteiger partial charge in [0.1, 0.15) is 11.6 Å². The van der Waals surface area contributed by atoms with Crippen LogP contribution in [0.4, 0.5) is 8.78 Å². The van der Waals surface area contributed by atoms with E-state index in [2.05, 4.69) is 14.8 Å². The number of benzene rings is 1. The predicted octanol–water partition coefficient (Wildman–Crippen LogP) is 2.74. The number of aryl methyl sites for hydroxylation is 2. The molecule has 0 amide bonds. The summed E-state index contributed by atoms with van der Waals surface area (Å²) in [7, 11) is -4.00. The van der Waals surface area contributed by atoms with Crippen molar-refractivity contribution < 1.29 is 17.2 Å². The van der Waals surface area contributed by atoms with Crippen LogP contribution in [0.3, 0.4) is 0 Å². The topological polar surface area (TPSA) is 76.9 Å². The summed E-state index contributed by atoms with van der Waals surface area (Å²) in [5.74, 6) is -1.89. The van der Waals surface area contributed by atoms with Crippen LogP contribution in [0.2, 0.25) is 0 Å². The van der Waals surface area contributed by atoms with E-state index < -0.39 is 26.6 Å². The molecule has 2 heterocycles. The van der Waals surface area contributed by atoms with E-state index in [0.717, 1.165) is 23.5 Å². The van der Waals surface area contributed by atoms with Crippen molar-refractivity contribution >= 4 is 21.4 Å². The second-order valence-corrected chi connectivity index (χ2v) is 8.32. The summed E-state index contributed by atoms with van der Waals surface area (Å²) in [6.45, 7) is 3.87. The second-order valence-electron chi connectivity index (χ2n) is 5.71. The largest absolute Gasteiger partial charge is 0.240 e. The molecule has 0 atom stereocenters. The Labute approximate surface area is 153 Å². The number of aromatic nitrogens is 3. The standard InChI is InChI=1S/C16H16F2N4O2S2/c1-10-5-11(2)22(21-10)16-20-14(9-25-16)3-4-19-26(23,24)15-7-12(17)6-13(18)8-15/h5-9,19H,3-4H2,1-2H3. The molecule has 10 heteroatoms. The van der Waals surface area contributed by atoms with Gasteiger partial charge in [0.25, 0.3) is 0 Å². The van der Waals surface area contributed by atoms with Gasteiger partial charge in [-0.25, -0.2) is 31.6 Å². The van der Waals surface area contributed by atoms with E-state index in [1.165, 1.54) is 11.3 Å². The van der Waals surface area contributed by atoms with Crippen LogP contribution >= 0.6 is 11.3 Å². The van der Waals surface area contributed by atoms with Crippen LogP contribution in [0.25, 0.3) is 5.13 Å². The molecule has 3 rings (SSSR count). The molecule has 6 nitrogen and oxygen atoms in total. The van der Waals surface area contributed by atoms with Crippen LogP contribution in [-0.2, 0) is 16.4 Å². The van der Waals surface area contributed by atoms with E-state index in [9.17, 15) is 17.2 Å². The van der Waals surface area contributed by atoms with Crippen molar-refractivity contribution in [2.24, 2.45) is 0 Å². The summed E-state index contributed by atoms with van der Waals surface area (Å²) < 4.78 is 54.7. The molecular formula is C16H16F2N4O2S2. The Hall–Kier alpha value is -2.17. The number of nitrogens with zero attached hydrogens (tertiary/aromatic N) is 3. The number of halogens is 2. The van der Waals surface area contributed by atoms with Crippen molar-refractivity contribution in [3.63, 3.8) is 0 Å². The molecule has 0 aliphatic carbocycles. The lowest BCUT2D eigenvalue weighted by atomic mass is 10.3. The Balaban J connectivity index is 1.66. The number of hydrogen-bond acceptors (Lipinski definition) is 5. The smallest absolute Gasteiger partial charge is 0.223 e. The van der Waals surface area contributed by atoms with Crippen molar-refractivity contribution in [3.8, 4) is 5.13 Å². The third kappa shape index (κ3) is 4.14. The van der Waals surface area contributed by atoms with Gasteiger partial charge in [-0.1, -0.05) is 0 Å². The van der Waals surface area contributed by atoms with Crippen LogP contribution in [0, 0.1) is 25.5 Å². The fraction of sp³-hybridized carbons (Fsp3) is 0.250. The lowest BCUT2D eigenvalue weighted by Crippen LogP contribution is -2.26. The molecule has 26 heavy (non-hydrogen) atoms. The summed E-state index contributed by atoms with van der Waals surface area (Å²) in [6.07, 6.45) is 0.340. The van der Waals surface area contributed by atoms with Crippen LogP contribution < -0.4 is 4.72 Å². The van der Waals surface area contributed by atoms with Gasteiger partial charge in [0, 0.05) is 30.1 Å². The zero-order valence-electron chi connectivity index (χ0n) is 14.0. The molecule has 0 saturated heterocycles. The SMILES string of the molecule is Cc1cc(C)n(-c2nc(CCNS(=O)(=O)c3cc(F)cc(F)c3)cs2)n1. The van der Waals surface area contributed by atoms with Crippen LogP contribution in [-0.4, -0.2) is 29.7 Å². The summed E-state index contributed by atoms with van der Waals surface area (Å²) in [6, 6.07) is 4.10. The average Bonchev–Trinajstić information content (AvgIpc) is 3.12. The second kappa shape index (κ2) is 7.22. The molecule has 0 saturated carbocycles. The summed E-state index contributed by atoms with van der Waals surface area (Å²) in [5, 5.41) is 6.87. The highest BCUT2D eigenvalue weighted by Crippen LogP contribution is 2.18. The van der Waals surface area contributed by atoms with Crippen molar-refractivity contribution in [1.29, 1.82) is 0 Å². The van der Waals surface area contributed by atoms with Crippen LogP contribution in [0.5, 0.6) is 0 Å². The molecule has 1 aromatic carbocycles. The Bertz CT molecular complexity index is 1020. The molecule has 0 unspecified atom stereocenters. The molecule has 0 bridgehead atoms. The minimum absolute atomic E-state index is 0.0563. The number of sulfonamides is 1. The quantitative estimate of drug-likeness (QED) is 0.693. The van der Waals surface area contributed by atoms with Gasteiger partial charge in [0.15, 0.2) is 0 Å². The minimum atomic E-state index is -4.00. The molecule has 3 aromatic rings. The van der Waals surface area contributed by atoms with Crippen molar-refractivity contribution in [1.82, 2.24) is 19.5 Å². The lowest BCUT2D eigenvalue weighted by molar-refractivity contribution is 0.561. The monoisotopic (exact) mass is 398 g/mol. The van der Waals surface area contributed by atoms with Crippen molar-refractivity contribution in [3.05, 3.63) is 58.4 Å². The van der Waals surface area contributed by atoms with Gasteiger partial charge in [-0.05, 0) is 32.0 Å². The first-order valence-corrected chi connectivity index (χ1v) is 10.0. The zero-order chi connectivity index (χ0) is 18.9. The molecule has 0 aliphatic heterocycles. The molecule has 0 radical (unpaired) electrons. The minimum Gasteiger partial charge on any atom is -0.223 e. The average molecular weight is 398 g/mol. The highest BCUT2D eigenvalue weighted by molar-refractivity contribution is 7.89. The fourth-order valence-corrected chi connectivity index (χ4v) is 4.35. The normalized spacial score (nSPS) is 11.8. The van der Waals surface area contributed by atoms with Gasteiger partial charge in [-0.3, -0.25) is 0 Å². The molecule has 0 aliphatic rings. The van der Waals surface area contributed by atoms with E-state index in [4.69, 9.17) is 0 Å². The van der Waals surface area contributed by atoms with E-state index >= 15 is 0 Å². The molecule has 1 N–H and O–H groups in total. The first kappa shape index (κ1) is 18.6. The van der Waals surface area contributed by atoms with Gasteiger partial charge in [0.05, 0.1) is 16.3 Å². The maximum Gasteiger partial charge on any atom is 0.240 e. The first-order chi connectivity index (χ1) is 12.2. The van der Waals surface area contributed by atoms with Gasteiger partial charge < -0.3 is 0 Å². The molecule has 138 valence electrons.